The third-order valence-electron chi connectivity index (χ3n) is 4.20. The molecule has 2 aliphatic rings. The Bertz CT molecular complexity index is 636. The highest BCUT2D eigenvalue weighted by Gasteiger charge is 2.38. The number of carbonyl (C=O) groups excluding carboxylic acids is 3. The van der Waals surface area contributed by atoms with Gasteiger partial charge in [-0.05, 0) is 25.0 Å². The van der Waals surface area contributed by atoms with Crippen molar-refractivity contribution in [2.75, 3.05) is 19.6 Å². The number of imide groups is 1. The lowest BCUT2D eigenvalue weighted by Gasteiger charge is -2.23. The van der Waals surface area contributed by atoms with Gasteiger partial charge in [-0.15, -0.1) is 0 Å². The number of fused-ring (bicyclic) bond motifs is 1. The molecule has 22 heavy (non-hydrogen) atoms. The molecule has 3 rings (SSSR count). The number of hydrogen-bond acceptors (Lipinski definition) is 3. The molecule has 1 saturated heterocycles. The number of nitrogens with zero attached hydrogens (tertiary/aromatic N) is 2. The van der Waals surface area contributed by atoms with Gasteiger partial charge in [-0.2, -0.15) is 0 Å². The Morgan fingerprint density at radius 2 is 1.73 bits per heavy atom. The molecule has 1 fully saturated rings. The first kappa shape index (κ1) is 15.0. The predicted molar refractivity (Wildman–Crippen MR) is 81.9 cm³/mol. The molecule has 0 atom stereocenters. The standard InChI is InChI=1S/C16H17ClN2O3/c17-12-7-5-6-11-14(12)16(22)19(15(11)21)10-13(20)18-8-3-1-2-4-9-18/h5-7H,1-4,8-10H2. The summed E-state index contributed by atoms with van der Waals surface area (Å²) in [5.74, 6) is -1.09. The summed E-state index contributed by atoms with van der Waals surface area (Å²) >= 11 is 6.01. The van der Waals surface area contributed by atoms with E-state index in [-0.39, 0.29) is 28.6 Å². The van der Waals surface area contributed by atoms with E-state index in [1.165, 1.54) is 0 Å². The number of hydrogen-bond donors (Lipinski definition) is 0. The van der Waals surface area contributed by atoms with Crippen LogP contribution in [0.5, 0.6) is 0 Å². The smallest absolute Gasteiger partial charge is 0.263 e. The lowest BCUT2D eigenvalue weighted by Crippen LogP contribution is -2.43. The van der Waals surface area contributed by atoms with Gasteiger partial charge in [0.15, 0.2) is 0 Å². The Kier molecular flexibility index (Phi) is 4.16. The van der Waals surface area contributed by atoms with Gasteiger partial charge in [0.05, 0.1) is 16.1 Å². The van der Waals surface area contributed by atoms with Crippen molar-refractivity contribution in [3.8, 4) is 0 Å². The fourth-order valence-electron chi connectivity index (χ4n) is 2.99. The maximum absolute atomic E-state index is 12.4. The second-order valence-electron chi connectivity index (χ2n) is 5.65. The summed E-state index contributed by atoms with van der Waals surface area (Å²) in [6.07, 6.45) is 4.18. The quantitative estimate of drug-likeness (QED) is 0.786. The molecule has 5 nitrogen and oxygen atoms in total. The highest BCUT2D eigenvalue weighted by molar-refractivity contribution is 6.37. The van der Waals surface area contributed by atoms with E-state index in [4.69, 9.17) is 11.6 Å². The van der Waals surface area contributed by atoms with Crippen LogP contribution in [0.1, 0.15) is 46.4 Å². The Hall–Kier alpha value is -1.88. The van der Waals surface area contributed by atoms with Crippen molar-refractivity contribution in [1.82, 2.24) is 9.80 Å². The van der Waals surface area contributed by atoms with Crippen LogP contribution in [-0.2, 0) is 4.79 Å². The summed E-state index contributed by atoms with van der Waals surface area (Å²) in [5, 5.41) is 0.251. The van der Waals surface area contributed by atoms with Crippen LogP contribution in [0.2, 0.25) is 5.02 Å². The van der Waals surface area contributed by atoms with E-state index in [1.54, 1.807) is 23.1 Å². The van der Waals surface area contributed by atoms with Crippen molar-refractivity contribution >= 4 is 29.3 Å². The zero-order chi connectivity index (χ0) is 15.7. The van der Waals surface area contributed by atoms with Crippen LogP contribution in [0.3, 0.4) is 0 Å². The van der Waals surface area contributed by atoms with E-state index in [2.05, 4.69) is 0 Å². The topological polar surface area (TPSA) is 57.7 Å². The van der Waals surface area contributed by atoms with Gasteiger partial charge in [0, 0.05) is 13.1 Å². The number of benzene rings is 1. The Balaban J connectivity index is 1.76. The Labute approximate surface area is 133 Å². The largest absolute Gasteiger partial charge is 0.341 e. The van der Waals surface area contributed by atoms with Gasteiger partial charge in [0.25, 0.3) is 11.8 Å². The monoisotopic (exact) mass is 320 g/mol. The minimum atomic E-state index is -0.478. The van der Waals surface area contributed by atoms with Crippen molar-refractivity contribution in [3.05, 3.63) is 34.3 Å². The predicted octanol–water partition coefficient (Wildman–Crippen LogP) is 2.34. The Morgan fingerprint density at radius 1 is 1.05 bits per heavy atom. The molecule has 3 amide bonds. The summed E-state index contributed by atoms with van der Waals surface area (Å²) in [5.41, 5.74) is 0.485. The van der Waals surface area contributed by atoms with Crippen LogP contribution in [0.4, 0.5) is 0 Å². The molecule has 116 valence electrons. The Morgan fingerprint density at radius 3 is 2.36 bits per heavy atom. The number of carbonyl (C=O) groups is 3. The fourth-order valence-corrected chi connectivity index (χ4v) is 3.25. The second-order valence-corrected chi connectivity index (χ2v) is 6.06. The highest BCUT2D eigenvalue weighted by Crippen LogP contribution is 2.29. The number of amides is 3. The molecule has 2 heterocycles. The van der Waals surface area contributed by atoms with Crippen LogP contribution in [0, 0.1) is 0 Å². The first-order valence-electron chi connectivity index (χ1n) is 7.52. The average molecular weight is 321 g/mol. The summed E-state index contributed by atoms with van der Waals surface area (Å²) < 4.78 is 0. The minimum absolute atomic E-state index is 0.174. The van der Waals surface area contributed by atoms with Gasteiger partial charge in [-0.25, -0.2) is 0 Å². The van der Waals surface area contributed by atoms with Crippen molar-refractivity contribution in [1.29, 1.82) is 0 Å². The summed E-state index contributed by atoms with van der Waals surface area (Å²) in [7, 11) is 0. The normalized spacial score (nSPS) is 18.4. The molecule has 1 aromatic rings. The lowest BCUT2D eigenvalue weighted by atomic mass is 10.1. The molecule has 6 heteroatoms. The van der Waals surface area contributed by atoms with Crippen LogP contribution < -0.4 is 0 Å². The number of halogens is 1. The maximum atomic E-state index is 12.4. The molecule has 0 radical (unpaired) electrons. The van der Waals surface area contributed by atoms with Gasteiger partial charge in [-0.1, -0.05) is 30.5 Å². The van der Waals surface area contributed by atoms with Gasteiger partial charge in [0.1, 0.15) is 6.54 Å². The van der Waals surface area contributed by atoms with Crippen molar-refractivity contribution in [2.24, 2.45) is 0 Å². The van der Waals surface area contributed by atoms with E-state index in [9.17, 15) is 14.4 Å². The van der Waals surface area contributed by atoms with Crippen LogP contribution >= 0.6 is 11.6 Å². The maximum Gasteiger partial charge on any atom is 0.263 e. The van der Waals surface area contributed by atoms with Crippen molar-refractivity contribution < 1.29 is 14.4 Å². The zero-order valence-corrected chi connectivity index (χ0v) is 12.9. The van der Waals surface area contributed by atoms with Crippen LogP contribution in [0.15, 0.2) is 18.2 Å². The third kappa shape index (κ3) is 2.61. The third-order valence-corrected chi connectivity index (χ3v) is 4.52. The summed E-state index contributed by atoms with van der Waals surface area (Å²) in [6, 6.07) is 4.77. The lowest BCUT2D eigenvalue weighted by molar-refractivity contribution is -0.131. The van der Waals surface area contributed by atoms with Crippen LogP contribution in [-0.4, -0.2) is 47.2 Å². The first-order chi connectivity index (χ1) is 10.6. The SMILES string of the molecule is O=C(CN1C(=O)c2cccc(Cl)c2C1=O)N1CCCCCC1. The summed E-state index contributed by atoms with van der Waals surface area (Å²) in [6.45, 7) is 1.19. The molecular weight excluding hydrogens is 304 g/mol. The average Bonchev–Trinajstić information content (AvgIpc) is 2.72. The molecule has 0 aromatic heterocycles. The van der Waals surface area contributed by atoms with E-state index < -0.39 is 11.8 Å². The van der Waals surface area contributed by atoms with E-state index in [1.807, 2.05) is 0 Å². The molecule has 0 spiro atoms. The first-order valence-corrected chi connectivity index (χ1v) is 7.90. The van der Waals surface area contributed by atoms with Crippen molar-refractivity contribution in [2.45, 2.75) is 25.7 Å². The molecule has 0 bridgehead atoms. The second kappa shape index (κ2) is 6.08. The van der Waals surface area contributed by atoms with Gasteiger partial charge < -0.3 is 4.90 Å². The van der Waals surface area contributed by atoms with E-state index >= 15 is 0 Å². The fraction of sp³-hybridized carbons (Fsp3) is 0.438. The van der Waals surface area contributed by atoms with Crippen LogP contribution in [0.25, 0.3) is 0 Å². The molecule has 0 unspecified atom stereocenters. The molecule has 0 N–H and O–H groups in total. The van der Waals surface area contributed by atoms with Gasteiger partial charge in [-0.3, -0.25) is 19.3 Å². The molecule has 0 saturated carbocycles. The molecular formula is C16H17ClN2O3. The minimum Gasteiger partial charge on any atom is -0.341 e. The number of rotatable bonds is 2. The van der Waals surface area contributed by atoms with E-state index in [0.29, 0.717) is 13.1 Å². The number of likely N-dealkylation sites (tertiary alicyclic amines) is 1. The highest BCUT2D eigenvalue weighted by atomic mass is 35.5. The van der Waals surface area contributed by atoms with Crippen molar-refractivity contribution in [3.63, 3.8) is 0 Å². The van der Waals surface area contributed by atoms with Gasteiger partial charge in [0.2, 0.25) is 5.91 Å². The van der Waals surface area contributed by atoms with Gasteiger partial charge >= 0.3 is 0 Å². The molecule has 1 aromatic carbocycles. The zero-order valence-electron chi connectivity index (χ0n) is 12.2. The molecule has 0 aliphatic carbocycles. The summed E-state index contributed by atoms with van der Waals surface area (Å²) in [4.78, 5) is 39.8. The molecule has 2 aliphatic heterocycles. The van der Waals surface area contributed by atoms with E-state index in [0.717, 1.165) is 30.6 Å².